The summed E-state index contributed by atoms with van der Waals surface area (Å²) < 4.78 is 5.07. The van der Waals surface area contributed by atoms with Crippen LogP contribution in [0.2, 0.25) is 0 Å². The topological polar surface area (TPSA) is 66.8 Å². The second-order valence-corrected chi connectivity index (χ2v) is 5.82. The number of anilines is 1. The van der Waals surface area contributed by atoms with Crippen molar-refractivity contribution in [1.29, 1.82) is 0 Å². The lowest BCUT2D eigenvalue weighted by Gasteiger charge is -2.18. The van der Waals surface area contributed by atoms with Crippen LogP contribution in [-0.4, -0.2) is 30.6 Å². The van der Waals surface area contributed by atoms with Crippen molar-refractivity contribution in [3.63, 3.8) is 0 Å². The van der Waals surface area contributed by atoms with Gasteiger partial charge in [-0.3, -0.25) is 4.79 Å². The molecule has 1 aromatic carbocycles. The van der Waals surface area contributed by atoms with E-state index < -0.39 is 5.97 Å². The molecule has 1 N–H and O–H groups in total. The van der Waals surface area contributed by atoms with Crippen LogP contribution in [0.15, 0.2) is 24.3 Å². The zero-order chi connectivity index (χ0) is 15.9. The summed E-state index contributed by atoms with van der Waals surface area (Å²) in [6.45, 7) is -0.366. The van der Waals surface area contributed by atoms with Crippen molar-refractivity contribution >= 4 is 17.6 Å². The number of amides is 1. The van der Waals surface area contributed by atoms with E-state index in [-0.39, 0.29) is 12.5 Å². The van der Waals surface area contributed by atoms with Crippen molar-refractivity contribution < 1.29 is 19.4 Å². The molecule has 2 rings (SSSR count). The van der Waals surface area contributed by atoms with Gasteiger partial charge in [-0.05, 0) is 36.6 Å². The molecule has 1 fully saturated rings. The van der Waals surface area contributed by atoms with Crippen LogP contribution in [0.3, 0.4) is 0 Å². The van der Waals surface area contributed by atoms with E-state index in [0.717, 1.165) is 12.1 Å². The summed E-state index contributed by atoms with van der Waals surface area (Å²) in [6.07, 6.45) is 6.67. The average Bonchev–Trinajstić information content (AvgIpc) is 3.03. The van der Waals surface area contributed by atoms with Crippen LogP contribution in [0.5, 0.6) is 5.75 Å². The summed E-state index contributed by atoms with van der Waals surface area (Å²) in [7, 11) is 1.77. The van der Waals surface area contributed by atoms with Gasteiger partial charge in [-0.25, -0.2) is 4.79 Å². The molecule has 0 spiro atoms. The average molecular weight is 305 g/mol. The van der Waals surface area contributed by atoms with Gasteiger partial charge in [0, 0.05) is 19.2 Å². The molecule has 120 valence electrons. The summed E-state index contributed by atoms with van der Waals surface area (Å²) in [6, 6.07) is 6.90. The molecule has 5 heteroatoms. The van der Waals surface area contributed by atoms with Gasteiger partial charge in [0.2, 0.25) is 5.91 Å². The zero-order valence-electron chi connectivity index (χ0n) is 13.0. The van der Waals surface area contributed by atoms with E-state index in [2.05, 4.69) is 0 Å². The molecule has 22 heavy (non-hydrogen) atoms. The minimum Gasteiger partial charge on any atom is -0.482 e. The Bertz CT molecular complexity index is 506. The summed E-state index contributed by atoms with van der Waals surface area (Å²) >= 11 is 0. The Morgan fingerprint density at radius 3 is 2.45 bits per heavy atom. The van der Waals surface area contributed by atoms with Crippen molar-refractivity contribution in [2.24, 2.45) is 5.92 Å². The van der Waals surface area contributed by atoms with Crippen molar-refractivity contribution in [2.45, 2.75) is 38.5 Å². The minimum absolute atomic E-state index is 0.117. The second-order valence-electron chi connectivity index (χ2n) is 5.82. The van der Waals surface area contributed by atoms with Gasteiger partial charge in [0.05, 0.1) is 0 Å². The van der Waals surface area contributed by atoms with Crippen LogP contribution in [0, 0.1) is 5.92 Å². The molecule has 1 aliphatic carbocycles. The molecule has 0 aliphatic heterocycles. The van der Waals surface area contributed by atoms with Crippen LogP contribution < -0.4 is 9.64 Å². The van der Waals surface area contributed by atoms with E-state index in [1.54, 1.807) is 36.2 Å². The number of hydrogen-bond acceptors (Lipinski definition) is 3. The number of nitrogens with zero attached hydrogens (tertiary/aromatic N) is 1. The van der Waals surface area contributed by atoms with Gasteiger partial charge >= 0.3 is 5.97 Å². The molecule has 0 bridgehead atoms. The molecule has 1 aromatic rings. The lowest BCUT2D eigenvalue weighted by molar-refractivity contribution is -0.139. The molecule has 0 heterocycles. The first kappa shape index (κ1) is 16.3. The highest BCUT2D eigenvalue weighted by Gasteiger charge is 2.18. The number of ether oxygens (including phenoxy) is 1. The Kier molecular flexibility index (Phi) is 5.81. The largest absolute Gasteiger partial charge is 0.482 e. The maximum atomic E-state index is 12.2. The van der Waals surface area contributed by atoms with Crippen LogP contribution in [0.1, 0.15) is 38.5 Å². The van der Waals surface area contributed by atoms with Crippen LogP contribution >= 0.6 is 0 Å². The van der Waals surface area contributed by atoms with Crippen molar-refractivity contribution in [2.75, 3.05) is 18.6 Å². The highest BCUT2D eigenvalue weighted by Crippen LogP contribution is 2.29. The monoisotopic (exact) mass is 305 g/mol. The third-order valence-corrected chi connectivity index (χ3v) is 4.20. The van der Waals surface area contributed by atoms with Gasteiger partial charge < -0.3 is 14.7 Å². The van der Waals surface area contributed by atoms with Crippen LogP contribution in [-0.2, 0) is 9.59 Å². The Hall–Kier alpha value is -2.04. The number of carboxylic acids is 1. The Morgan fingerprint density at radius 1 is 1.23 bits per heavy atom. The molecule has 1 amide bonds. The number of rotatable bonds is 7. The predicted octanol–water partition coefficient (Wildman–Crippen LogP) is 3.08. The Balaban J connectivity index is 1.83. The minimum atomic E-state index is -1.01. The maximum Gasteiger partial charge on any atom is 0.341 e. The smallest absolute Gasteiger partial charge is 0.341 e. The highest BCUT2D eigenvalue weighted by molar-refractivity contribution is 5.92. The Morgan fingerprint density at radius 2 is 1.86 bits per heavy atom. The Labute approximate surface area is 130 Å². The number of carboxylic acid groups (broad SMARTS) is 1. The van der Waals surface area contributed by atoms with E-state index in [1.165, 1.54) is 25.7 Å². The molecule has 1 aliphatic rings. The quantitative estimate of drug-likeness (QED) is 0.840. The molecule has 0 radical (unpaired) electrons. The molecule has 1 saturated carbocycles. The number of hydrogen-bond donors (Lipinski definition) is 1. The normalized spacial score (nSPS) is 14.8. The maximum absolute atomic E-state index is 12.2. The van der Waals surface area contributed by atoms with Crippen molar-refractivity contribution in [3.8, 4) is 5.75 Å². The fourth-order valence-corrected chi connectivity index (χ4v) is 2.85. The third kappa shape index (κ3) is 4.76. The van der Waals surface area contributed by atoms with Gasteiger partial charge in [-0.1, -0.05) is 25.7 Å². The van der Waals surface area contributed by atoms with Crippen LogP contribution in [0.4, 0.5) is 5.69 Å². The summed E-state index contributed by atoms with van der Waals surface area (Å²) in [5, 5.41) is 8.56. The van der Waals surface area contributed by atoms with E-state index >= 15 is 0 Å². The van der Waals surface area contributed by atoms with Gasteiger partial charge in [0.25, 0.3) is 0 Å². The van der Waals surface area contributed by atoms with Crippen LogP contribution in [0.25, 0.3) is 0 Å². The third-order valence-electron chi connectivity index (χ3n) is 4.20. The first-order valence-electron chi connectivity index (χ1n) is 7.77. The number of benzene rings is 1. The van der Waals surface area contributed by atoms with Crippen molar-refractivity contribution in [3.05, 3.63) is 24.3 Å². The standard InChI is InChI=1S/C17H23NO4/c1-18(16(19)11-6-13-4-2-3-5-13)14-7-9-15(10-8-14)22-12-17(20)21/h7-10,13H,2-6,11-12H2,1H3,(H,20,21). The molecular weight excluding hydrogens is 282 g/mol. The predicted molar refractivity (Wildman–Crippen MR) is 84.2 cm³/mol. The molecule has 0 aromatic heterocycles. The number of aliphatic carboxylic acids is 1. The lowest BCUT2D eigenvalue weighted by Crippen LogP contribution is -2.26. The first-order chi connectivity index (χ1) is 10.6. The molecular formula is C17H23NO4. The summed E-state index contributed by atoms with van der Waals surface area (Å²) in [4.78, 5) is 24.3. The molecule has 0 atom stereocenters. The summed E-state index contributed by atoms with van der Waals surface area (Å²) in [5.74, 6) is 0.302. The number of carbonyl (C=O) groups is 2. The van der Waals surface area contributed by atoms with Gasteiger partial charge in [0.1, 0.15) is 5.75 Å². The van der Waals surface area contributed by atoms with Gasteiger partial charge in [-0.15, -0.1) is 0 Å². The zero-order valence-corrected chi connectivity index (χ0v) is 13.0. The van der Waals surface area contributed by atoms with Crippen molar-refractivity contribution in [1.82, 2.24) is 0 Å². The fourth-order valence-electron chi connectivity index (χ4n) is 2.85. The summed E-state index contributed by atoms with van der Waals surface area (Å²) in [5.41, 5.74) is 0.791. The molecule has 5 nitrogen and oxygen atoms in total. The second kappa shape index (κ2) is 7.82. The first-order valence-corrected chi connectivity index (χ1v) is 7.77. The van der Waals surface area contributed by atoms with E-state index in [0.29, 0.717) is 18.1 Å². The molecule has 0 saturated heterocycles. The number of carbonyl (C=O) groups excluding carboxylic acids is 1. The SMILES string of the molecule is CN(C(=O)CCC1CCCC1)c1ccc(OCC(=O)O)cc1. The highest BCUT2D eigenvalue weighted by atomic mass is 16.5. The van der Waals surface area contributed by atoms with Gasteiger partial charge in [0.15, 0.2) is 6.61 Å². The van der Waals surface area contributed by atoms with E-state index in [9.17, 15) is 9.59 Å². The molecule has 0 unspecified atom stereocenters. The lowest BCUT2D eigenvalue weighted by atomic mass is 10.0. The van der Waals surface area contributed by atoms with E-state index in [4.69, 9.17) is 9.84 Å². The van der Waals surface area contributed by atoms with E-state index in [1.807, 2.05) is 0 Å². The van der Waals surface area contributed by atoms with Gasteiger partial charge in [-0.2, -0.15) is 0 Å². The fraction of sp³-hybridized carbons (Fsp3) is 0.529.